The summed E-state index contributed by atoms with van der Waals surface area (Å²) in [6.45, 7) is 6.41. The molecule has 3 nitrogen and oxygen atoms in total. The first-order valence-corrected chi connectivity index (χ1v) is 4.16. The van der Waals surface area contributed by atoms with Crippen LogP contribution in [-0.4, -0.2) is 43.2 Å². The van der Waals surface area contributed by atoms with Gasteiger partial charge in [0.25, 0.3) is 0 Å². The molecule has 0 fully saturated rings. The lowest BCUT2D eigenvalue weighted by Crippen LogP contribution is -2.30. The van der Waals surface area contributed by atoms with Gasteiger partial charge in [0.05, 0.1) is 6.67 Å². The molecule has 0 unspecified atom stereocenters. The minimum Gasteiger partial charge on any atom is -0.362 e. The van der Waals surface area contributed by atoms with Gasteiger partial charge in [-0.15, -0.1) is 24.8 Å². The van der Waals surface area contributed by atoms with Crippen molar-refractivity contribution in [3.05, 3.63) is 12.4 Å². The maximum absolute atomic E-state index is 3.30. The van der Waals surface area contributed by atoms with Crippen LogP contribution in [0.5, 0.6) is 0 Å². The molecule has 1 rings (SSSR count). The molecule has 0 amide bonds. The molecule has 0 aromatic rings. The number of nitrogens with zero attached hydrogens (tertiary/aromatic N) is 2. The minimum absolute atomic E-state index is 0. The third kappa shape index (κ3) is 6.02. The highest BCUT2D eigenvalue weighted by molar-refractivity contribution is 5.85. The van der Waals surface area contributed by atoms with Gasteiger partial charge in [0.15, 0.2) is 0 Å². The third-order valence-corrected chi connectivity index (χ3v) is 1.76. The predicted molar refractivity (Wildman–Crippen MR) is 61.5 cm³/mol. The molecule has 5 heteroatoms. The van der Waals surface area contributed by atoms with Crippen LogP contribution in [0.15, 0.2) is 12.4 Å². The van der Waals surface area contributed by atoms with E-state index >= 15 is 0 Å². The van der Waals surface area contributed by atoms with Crippen LogP contribution in [0.25, 0.3) is 0 Å². The minimum atomic E-state index is 0. The average molecular weight is 228 g/mol. The van der Waals surface area contributed by atoms with Crippen LogP contribution in [-0.2, 0) is 0 Å². The normalized spacial score (nSPS) is 14.0. The van der Waals surface area contributed by atoms with E-state index in [-0.39, 0.29) is 24.8 Å². The molecule has 0 spiro atoms. The smallest absolute Gasteiger partial charge is 0.0891 e. The fourth-order valence-corrected chi connectivity index (χ4v) is 1.13. The number of nitrogens with one attached hydrogen (secondary N) is 1. The van der Waals surface area contributed by atoms with Crippen molar-refractivity contribution < 1.29 is 0 Å². The van der Waals surface area contributed by atoms with E-state index in [4.69, 9.17) is 0 Å². The molecule has 0 aliphatic carbocycles. The summed E-state index contributed by atoms with van der Waals surface area (Å²) in [4.78, 5) is 4.47. The molecule has 1 aliphatic heterocycles. The van der Waals surface area contributed by atoms with Gasteiger partial charge in [-0.05, 0) is 6.54 Å². The predicted octanol–water partition coefficient (Wildman–Crippen LogP) is 1.12. The van der Waals surface area contributed by atoms with Crippen LogP contribution in [0.4, 0.5) is 0 Å². The summed E-state index contributed by atoms with van der Waals surface area (Å²) in [5, 5.41) is 3.30. The monoisotopic (exact) mass is 227 g/mol. The molecule has 13 heavy (non-hydrogen) atoms. The molecule has 80 valence electrons. The Kier molecular flexibility index (Phi) is 10.0. The zero-order valence-corrected chi connectivity index (χ0v) is 9.83. The molecule has 1 heterocycles. The average Bonchev–Trinajstić information content (AvgIpc) is 2.37. The molecule has 1 N–H and O–H groups in total. The molecule has 0 atom stereocenters. The SMILES string of the molecule is CCNCCN1C=CN(C)C1.Cl.Cl. The summed E-state index contributed by atoms with van der Waals surface area (Å²) in [7, 11) is 2.09. The third-order valence-electron chi connectivity index (χ3n) is 1.76. The van der Waals surface area contributed by atoms with Gasteiger partial charge in [0.1, 0.15) is 0 Å². The van der Waals surface area contributed by atoms with Crippen LogP contribution in [0.1, 0.15) is 6.92 Å². The van der Waals surface area contributed by atoms with E-state index < -0.39 is 0 Å². The van der Waals surface area contributed by atoms with Gasteiger partial charge in [-0.1, -0.05) is 6.92 Å². The number of rotatable bonds is 4. The standard InChI is InChI=1S/C8H17N3.2ClH/c1-3-9-4-5-11-7-6-10(2)8-11;;/h6-7,9H,3-5,8H2,1-2H3;2*1H. The van der Waals surface area contributed by atoms with Crippen LogP contribution in [0.3, 0.4) is 0 Å². The molecular weight excluding hydrogens is 209 g/mol. The van der Waals surface area contributed by atoms with Gasteiger partial charge in [-0.2, -0.15) is 0 Å². The summed E-state index contributed by atoms with van der Waals surface area (Å²) in [6.07, 6.45) is 4.24. The van der Waals surface area contributed by atoms with Crippen molar-refractivity contribution in [1.29, 1.82) is 0 Å². The van der Waals surface area contributed by atoms with Crippen LogP contribution in [0, 0.1) is 0 Å². The van der Waals surface area contributed by atoms with E-state index in [1.54, 1.807) is 0 Å². The van der Waals surface area contributed by atoms with E-state index in [1.165, 1.54) is 0 Å². The Bertz CT molecular complexity index is 141. The van der Waals surface area contributed by atoms with E-state index in [0.29, 0.717) is 0 Å². The van der Waals surface area contributed by atoms with E-state index in [2.05, 4.69) is 41.5 Å². The quantitative estimate of drug-likeness (QED) is 0.727. The van der Waals surface area contributed by atoms with Crippen molar-refractivity contribution in [2.45, 2.75) is 6.92 Å². The molecule has 1 aliphatic rings. The van der Waals surface area contributed by atoms with Crippen molar-refractivity contribution in [1.82, 2.24) is 15.1 Å². The Morgan fingerprint density at radius 1 is 1.31 bits per heavy atom. The first-order chi connectivity index (χ1) is 5.33. The molecule has 0 saturated carbocycles. The van der Waals surface area contributed by atoms with Gasteiger partial charge in [-0.25, -0.2) is 0 Å². The second-order valence-corrected chi connectivity index (χ2v) is 2.86. The summed E-state index contributed by atoms with van der Waals surface area (Å²) in [5.74, 6) is 0. The summed E-state index contributed by atoms with van der Waals surface area (Å²) in [5.41, 5.74) is 0. The highest BCUT2D eigenvalue weighted by atomic mass is 35.5. The van der Waals surface area contributed by atoms with Crippen LogP contribution < -0.4 is 5.32 Å². The second kappa shape index (κ2) is 8.48. The maximum Gasteiger partial charge on any atom is 0.0891 e. The molecule has 0 aromatic carbocycles. The van der Waals surface area contributed by atoms with Gasteiger partial charge in [0, 0.05) is 32.5 Å². The zero-order chi connectivity index (χ0) is 8.10. The van der Waals surface area contributed by atoms with Crippen molar-refractivity contribution in [3.63, 3.8) is 0 Å². The highest BCUT2D eigenvalue weighted by Crippen LogP contribution is 2.01. The number of likely N-dealkylation sites (N-methyl/N-ethyl adjacent to an activating group) is 1. The zero-order valence-electron chi connectivity index (χ0n) is 8.19. The van der Waals surface area contributed by atoms with Crippen molar-refractivity contribution in [2.75, 3.05) is 33.4 Å². The number of halogens is 2. The molecule has 0 radical (unpaired) electrons. The topological polar surface area (TPSA) is 18.5 Å². The van der Waals surface area contributed by atoms with E-state index in [9.17, 15) is 0 Å². The number of hydrogen-bond acceptors (Lipinski definition) is 3. The van der Waals surface area contributed by atoms with Gasteiger partial charge in [0.2, 0.25) is 0 Å². The largest absolute Gasteiger partial charge is 0.362 e. The first-order valence-electron chi connectivity index (χ1n) is 4.16. The van der Waals surface area contributed by atoms with Crippen LogP contribution >= 0.6 is 24.8 Å². The first kappa shape index (κ1) is 15.4. The van der Waals surface area contributed by atoms with E-state index in [0.717, 1.165) is 26.3 Å². The van der Waals surface area contributed by atoms with Gasteiger partial charge < -0.3 is 15.1 Å². The fraction of sp³-hybridized carbons (Fsp3) is 0.750. The number of hydrogen-bond donors (Lipinski definition) is 1. The van der Waals surface area contributed by atoms with Crippen molar-refractivity contribution in [3.8, 4) is 0 Å². The Morgan fingerprint density at radius 3 is 2.46 bits per heavy atom. The van der Waals surface area contributed by atoms with Crippen molar-refractivity contribution >= 4 is 24.8 Å². The highest BCUT2D eigenvalue weighted by Gasteiger charge is 2.05. The lowest BCUT2D eigenvalue weighted by Gasteiger charge is -2.17. The Morgan fingerprint density at radius 2 is 2.00 bits per heavy atom. The maximum atomic E-state index is 3.30. The molecule has 0 aromatic heterocycles. The van der Waals surface area contributed by atoms with E-state index in [1.807, 2.05) is 0 Å². The Labute approximate surface area is 93.0 Å². The molecular formula is C8H19Cl2N3. The van der Waals surface area contributed by atoms with Crippen molar-refractivity contribution in [2.24, 2.45) is 0 Å². The fourth-order valence-electron chi connectivity index (χ4n) is 1.13. The molecule has 0 bridgehead atoms. The summed E-state index contributed by atoms with van der Waals surface area (Å²) >= 11 is 0. The summed E-state index contributed by atoms with van der Waals surface area (Å²) in [6, 6.07) is 0. The second-order valence-electron chi connectivity index (χ2n) is 2.86. The van der Waals surface area contributed by atoms with Gasteiger partial charge in [-0.3, -0.25) is 0 Å². The Hall–Kier alpha value is -0.120. The Balaban J connectivity index is 0. The lowest BCUT2D eigenvalue weighted by atomic mass is 10.5. The lowest BCUT2D eigenvalue weighted by molar-refractivity contribution is 0.296. The van der Waals surface area contributed by atoms with Crippen LogP contribution in [0.2, 0.25) is 0 Å². The van der Waals surface area contributed by atoms with Gasteiger partial charge >= 0.3 is 0 Å². The summed E-state index contributed by atoms with van der Waals surface area (Å²) < 4.78 is 0. The molecule has 0 saturated heterocycles.